The van der Waals surface area contributed by atoms with Crippen molar-refractivity contribution in [1.29, 1.82) is 0 Å². The number of nitrogens with one attached hydrogen (secondary N) is 1. The van der Waals surface area contributed by atoms with Gasteiger partial charge in [-0.1, -0.05) is 56.5 Å². The van der Waals surface area contributed by atoms with Gasteiger partial charge in [-0.3, -0.25) is 4.79 Å². The Morgan fingerprint density at radius 1 is 1.14 bits per heavy atom. The summed E-state index contributed by atoms with van der Waals surface area (Å²) in [6.07, 6.45) is 6.40. The summed E-state index contributed by atoms with van der Waals surface area (Å²) in [4.78, 5) is 12.4. The van der Waals surface area contributed by atoms with Crippen LogP contribution in [0.15, 0.2) is 30.3 Å². The number of nitrogens with two attached hydrogens (primary N) is 1. The molecule has 0 bridgehead atoms. The molecule has 0 aromatic heterocycles. The quantitative estimate of drug-likeness (QED) is 0.872. The largest absolute Gasteiger partial charge is 0.353 e. The maximum atomic E-state index is 12.4. The van der Waals surface area contributed by atoms with Gasteiger partial charge in [0.1, 0.15) is 0 Å². The summed E-state index contributed by atoms with van der Waals surface area (Å²) in [5.74, 6) is 0.491. The van der Waals surface area contributed by atoms with Gasteiger partial charge in [-0.25, -0.2) is 0 Å². The molecule has 1 aromatic carbocycles. The molecule has 2 rings (SSSR count). The molecule has 1 amide bonds. The molecule has 0 radical (unpaired) electrons. The molecule has 1 aliphatic rings. The molecule has 1 fully saturated rings. The lowest BCUT2D eigenvalue weighted by Gasteiger charge is -2.30. The lowest BCUT2D eigenvalue weighted by Crippen LogP contribution is -2.43. The highest BCUT2D eigenvalue weighted by atomic mass is 16.1. The van der Waals surface area contributed by atoms with E-state index in [1.165, 1.54) is 32.1 Å². The maximum Gasteiger partial charge on any atom is 0.224 e. The van der Waals surface area contributed by atoms with Gasteiger partial charge in [0.05, 0.1) is 5.92 Å². The first-order valence-electron chi connectivity index (χ1n) is 8.20. The van der Waals surface area contributed by atoms with Crippen molar-refractivity contribution in [2.45, 2.75) is 58.0 Å². The number of hydrogen-bond acceptors (Lipinski definition) is 2. The molecular weight excluding hydrogens is 260 g/mol. The van der Waals surface area contributed by atoms with Crippen molar-refractivity contribution in [2.75, 3.05) is 0 Å². The van der Waals surface area contributed by atoms with E-state index in [-0.39, 0.29) is 23.9 Å². The van der Waals surface area contributed by atoms with Crippen LogP contribution in [0, 0.1) is 11.8 Å². The monoisotopic (exact) mass is 288 g/mol. The number of hydrogen-bond donors (Lipinski definition) is 2. The molecule has 2 unspecified atom stereocenters. The first kappa shape index (κ1) is 16.0. The van der Waals surface area contributed by atoms with Gasteiger partial charge in [-0.15, -0.1) is 0 Å². The van der Waals surface area contributed by atoms with Crippen LogP contribution in [0.25, 0.3) is 0 Å². The predicted octanol–water partition coefficient (Wildman–Crippen LogP) is 3.41. The zero-order chi connectivity index (χ0) is 15.2. The van der Waals surface area contributed by atoms with E-state index in [2.05, 4.69) is 12.2 Å². The Bertz CT molecular complexity index is 440. The van der Waals surface area contributed by atoms with Gasteiger partial charge in [0, 0.05) is 12.1 Å². The predicted molar refractivity (Wildman–Crippen MR) is 86.7 cm³/mol. The summed E-state index contributed by atoms with van der Waals surface area (Å²) in [7, 11) is 0. The summed E-state index contributed by atoms with van der Waals surface area (Å²) in [5.41, 5.74) is 7.25. The Kier molecular flexibility index (Phi) is 5.80. The highest BCUT2D eigenvalue weighted by molar-refractivity contribution is 5.79. The fourth-order valence-corrected chi connectivity index (χ4v) is 3.23. The Morgan fingerprint density at radius 3 is 2.38 bits per heavy atom. The van der Waals surface area contributed by atoms with Gasteiger partial charge >= 0.3 is 0 Å². The van der Waals surface area contributed by atoms with E-state index in [0.29, 0.717) is 5.92 Å². The van der Waals surface area contributed by atoms with Crippen molar-refractivity contribution in [3.63, 3.8) is 0 Å². The summed E-state index contributed by atoms with van der Waals surface area (Å²) < 4.78 is 0. The van der Waals surface area contributed by atoms with Crippen LogP contribution in [0.4, 0.5) is 0 Å². The SMILES string of the molecule is CC(C(=O)N[C@@H](C)C1CCCCC1)C(N)c1ccccc1. The fraction of sp³-hybridized carbons (Fsp3) is 0.611. The van der Waals surface area contributed by atoms with Crippen molar-refractivity contribution < 1.29 is 4.79 Å². The zero-order valence-corrected chi connectivity index (χ0v) is 13.2. The summed E-state index contributed by atoms with van der Waals surface area (Å²) in [6, 6.07) is 9.87. The molecule has 21 heavy (non-hydrogen) atoms. The van der Waals surface area contributed by atoms with Gasteiger partial charge in [0.25, 0.3) is 0 Å². The number of carbonyl (C=O) groups excluding carboxylic acids is 1. The highest BCUT2D eigenvalue weighted by Crippen LogP contribution is 2.27. The third-order valence-electron chi connectivity index (χ3n) is 4.86. The van der Waals surface area contributed by atoms with Crippen LogP contribution in [0.2, 0.25) is 0 Å². The molecule has 1 saturated carbocycles. The molecule has 3 atom stereocenters. The second-order valence-corrected chi connectivity index (χ2v) is 6.42. The number of benzene rings is 1. The van der Waals surface area contributed by atoms with Crippen molar-refractivity contribution >= 4 is 5.91 Å². The standard InChI is InChI=1S/C18H28N2O/c1-13(17(19)16-11-7-4-8-12-16)18(21)20-14(2)15-9-5-3-6-10-15/h4,7-8,11-15,17H,3,5-6,9-10,19H2,1-2H3,(H,20,21)/t13?,14-,17?/m0/s1. The third kappa shape index (κ3) is 4.31. The Hall–Kier alpha value is -1.35. The highest BCUT2D eigenvalue weighted by Gasteiger charge is 2.26. The van der Waals surface area contributed by atoms with E-state index < -0.39 is 0 Å². The Balaban J connectivity index is 1.89. The third-order valence-corrected chi connectivity index (χ3v) is 4.86. The van der Waals surface area contributed by atoms with E-state index in [1.807, 2.05) is 37.3 Å². The van der Waals surface area contributed by atoms with Gasteiger partial charge in [0.15, 0.2) is 0 Å². The second kappa shape index (κ2) is 7.60. The van der Waals surface area contributed by atoms with Crippen LogP contribution in [0.3, 0.4) is 0 Å². The molecule has 1 aromatic rings. The lowest BCUT2D eigenvalue weighted by atomic mass is 9.84. The molecule has 0 heterocycles. The molecule has 3 nitrogen and oxygen atoms in total. The molecule has 3 heteroatoms. The average molecular weight is 288 g/mol. The second-order valence-electron chi connectivity index (χ2n) is 6.42. The topological polar surface area (TPSA) is 55.1 Å². The molecule has 0 saturated heterocycles. The minimum Gasteiger partial charge on any atom is -0.353 e. The van der Waals surface area contributed by atoms with Crippen LogP contribution in [-0.2, 0) is 4.79 Å². The summed E-state index contributed by atoms with van der Waals surface area (Å²) >= 11 is 0. The van der Waals surface area contributed by atoms with Gasteiger partial charge in [0.2, 0.25) is 5.91 Å². The lowest BCUT2D eigenvalue weighted by molar-refractivity contribution is -0.126. The van der Waals surface area contributed by atoms with Crippen molar-refractivity contribution in [2.24, 2.45) is 17.6 Å². The van der Waals surface area contributed by atoms with E-state index in [9.17, 15) is 4.79 Å². The molecule has 1 aliphatic carbocycles. The van der Waals surface area contributed by atoms with E-state index in [4.69, 9.17) is 5.73 Å². The molecule has 0 aliphatic heterocycles. The van der Waals surface area contributed by atoms with Crippen LogP contribution in [0.1, 0.15) is 57.6 Å². The van der Waals surface area contributed by atoms with Crippen LogP contribution < -0.4 is 11.1 Å². The molecule has 0 spiro atoms. The Labute approximate surface area is 128 Å². The van der Waals surface area contributed by atoms with E-state index >= 15 is 0 Å². The maximum absolute atomic E-state index is 12.4. The molecular formula is C18H28N2O. The van der Waals surface area contributed by atoms with Gasteiger partial charge in [-0.05, 0) is 31.2 Å². The smallest absolute Gasteiger partial charge is 0.224 e. The van der Waals surface area contributed by atoms with Gasteiger partial charge in [-0.2, -0.15) is 0 Å². The number of carbonyl (C=O) groups is 1. The first-order valence-corrected chi connectivity index (χ1v) is 8.20. The minimum absolute atomic E-state index is 0.0735. The van der Waals surface area contributed by atoms with Crippen molar-refractivity contribution in [1.82, 2.24) is 5.32 Å². The average Bonchev–Trinajstić information content (AvgIpc) is 2.55. The van der Waals surface area contributed by atoms with E-state index in [0.717, 1.165) is 5.56 Å². The fourth-order valence-electron chi connectivity index (χ4n) is 3.23. The van der Waals surface area contributed by atoms with Crippen LogP contribution >= 0.6 is 0 Å². The summed E-state index contributed by atoms with van der Waals surface area (Å²) in [6.45, 7) is 4.05. The minimum atomic E-state index is -0.246. The first-order chi connectivity index (χ1) is 10.1. The number of rotatable bonds is 5. The Morgan fingerprint density at radius 2 is 1.76 bits per heavy atom. The van der Waals surface area contributed by atoms with Crippen LogP contribution in [0.5, 0.6) is 0 Å². The molecule has 3 N–H and O–H groups in total. The van der Waals surface area contributed by atoms with Crippen molar-refractivity contribution in [3.05, 3.63) is 35.9 Å². The zero-order valence-electron chi connectivity index (χ0n) is 13.2. The van der Waals surface area contributed by atoms with Crippen LogP contribution in [-0.4, -0.2) is 11.9 Å². The summed E-state index contributed by atoms with van der Waals surface area (Å²) in [5, 5.41) is 3.18. The molecule has 116 valence electrons. The van der Waals surface area contributed by atoms with Crippen molar-refractivity contribution in [3.8, 4) is 0 Å². The van der Waals surface area contributed by atoms with E-state index in [1.54, 1.807) is 0 Å². The normalized spacial score (nSPS) is 20.5. The number of amides is 1. The van der Waals surface area contributed by atoms with Gasteiger partial charge < -0.3 is 11.1 Å².